The number of carbonyl (C=O) groups excluding carboxylic acids is 1. The SMILES string of the molecule is CCOc1ccc2c(=O)c3c(oc2c1)C(=O)N(c1nc(C)c(C)s1)C3c1cccnc1. The number of nitrogens with zero attached hydrogens (tertiary/aromatic N) is 3. The molecule has 31 heavy (non-hydrogen) atoms. The third-order valence-corrected chi connectivity index (χ3v) is 6.45. The van der Waals surface area contributed by atoms with Crippen LogP contribution in [0.15, 0.2) is 51.9 Å². The lowest BCUT2D eigenvalue weighted by Gasteiger charge is -2.22. The Morgan fingerprint density at radius 2 is 2.06 bits per heavy atom. The first kappa shape index (κ1) is 19.4. The van der Waals surface area contributed by atoms with E-state index >= 15 is 0 Å². The maximum absolute atomic E-state index is 13.6. The molecule has 1 amide bonds. The number of amides is 1. The molecule has 3 aromatic heterocycles. The lowest BCUT2D eigenvalue weighted by Crippen LogP contribution is -2.29. The van der Waals surface area contributed by atoms with Crippen molar-refractivity contribution in [1.29, 1.82) is 0 Å². The maximum atomic E-state index is 13.6. The minimum atomic E-state index is -0.659. The summed E-state index contributed by atoms with van der Waals surface area (Å²) in [6.45, 7) is 6.21. The van der Waals surface area contributed by atoms with Gasteiger partial charge in [0.2, 0.25) is 5.76 Å². The van der Waals surface area contributed by atoms with Crippen LogP contribution in [0.2, 0.25) is 0 Å². The second-order valence-electron chi connectivity index (χ2n) is 7.27. The molecule has 0 radical (unpaired) electrons. The number of carbonyl (C=O) groups is 1. The fourth-order valence-corrected chi connectivity index (χ4v) is 4.75. The van der Waals surface area contributed by atoms with Crippen molar-refractivity contribution < 1.29 is 13.9 Å². The van der Waals surface area contributed by atoms with E-state index in [-0.39, 0.29) is 11.2 Å². The van der Waals surface area contributed by atoms with Gasteiger partial charge in [0.05, 0.1) is 29.3 Å². The van der Waals surface area contributed by atoms with Crippen LogP contribution in [0.1, 0.15) is 45.2 Å². The molecule has 5 rings (SSSR count). The van der Waals surface area contributed by atoms with Gasteiger partial charge in [0, 0.05) is 23.3 Å². The van der Waals surface area contributed by atoms with E-state index in [1.165, 1.54) is 11.3 Å². The van der Waals surface area contributed by atoms with E-state index in [4.69, 9.17) is 9.15 Å². The second-order valence-corrected chi connectivity index (χ2v) is 8.45. The molecule has 0 spiro atoms. The average Bonchev–Trinajstić information content (AvgIpc) is 3.25. The van der Waals surface area contributed by atoms with Gasteiger partial charge in [0.1, 0.15) is 11.3 Å². The Bertz CT molecular complexity index is 1360. The fraction of sp³-hybridized carbons (Fsp3) is 0.217. The van der Waals surface area contributed by atoms with Crippen molar-refractivity contribution in [2.45, 2.75) is 26.8 Å². The summed E-state index contributed by atoms with van der Waals surface area (Å²) in [6.07, 6.45) is 3.32. The lowest BCUT2D eigenvalue weighted by molar-refractivity contribution is 0.0971. The van der Waals surface area contributed by atoms with Gasteiger partial charge < -0.3 is 9.15 Å². The Kier molecular flexibility index (Phi) is 4.59. The highest BCUT2D eigenvalue weighted by Crippen LogP contribution is 2.42. The molecule has 0 bridgehead atoms. The van der Waals surface area contributed by atoms with Crippen LogP contribution in [-0.4, -0.2) is 22.5 Å². The average molecular weight is 433 g/mol. The molecule has 0 fully saturated rings. The van der Waals surface area contributed by atoms with Gasteiger partial charge in [-0.2, -0.15) is 0 Å². The van der Waals surface area contributed by atoms with Gasteiger partial charge in [-0.1, -0.05) is 6.07 Å². The minimum absolute atomic E-state index is 0.0329. The number of benzene rings is 1. The molecule has 8 heteroatoms. The zero-order valence-electron chi connectivity index (χ0n) is 17.2. The number of fused-ring (bicyclic) bond motifs is 2. The Morgan fingerprint density at radius 1 is 1.23 bits per heavy atom. The van der Waals surface area contributed by atoms with Gasteiger partial charge in [-0.3, -0.25) is 19.5 Å². The van der Waals surface area contributed by atoms with Crippen LogP contribution < -0.4 is 15.1 Å². The largest absolute Gasteiger partial charge is 0.494 e. The third kappa shape index (κ3) is 3.02. The van der Waals surface area contributed by atoms with Gasteiger partial charge in [-0.05, 0) is 44.5 Å². The van der Waals surface area contributed by atoms with Crippen molar-refractivity contribution in [1.82, 2.24) is 9.97 Å². The van der Waals surface area contributed by atoms with Crippen LogP contribution in [0.5, 0.6) is 5.75 Å². The standard InChI is InChI=1S/C23H19N3O4S/c1-4-29-15-7-8-16-17(10-15)30-21-18(20(16)27)19(14-6-5-9-24-11-14)26(22(21)28)23-25-12(2)13(3)31-23/h5-11,19H,4H2,1-3H3. The molecular weight excluding hydrogens is 414 g/mol. The highest BCUT2D eigenvalue weighted by molar-refractivity contribution is 7.15. The van der Waals surface area contributed by atoms with Crippen molar-refractivity contribution >= 4 is 33.3 Å². The molecule has 1 atom stereocenters. The number of aryl methyl sites for hydroxylation is 2. The number of hydrogen-bond acceptors (Lipinski definition) is 7. The molecule has 0 saturated carbocycles. The van der Waals surface area contributed by atoms with Gasteiger partial charge in [0.25, 0.3) is 5.91 Å². The number of anilines is 1. The zero-order chi connectivity index (χ0) is 21.7. The molecule has 1 aliphatic heterocycles. The quantitative estimate of drug-likeness (QED) is 0.474. The number of rotatable bonds is 4. The summed E-state index contributed by atoms with van der Waals surface area (Å²) in [4.78, 5) is 38.4. The molecule has 4 aromatic rings. The molecule has 0 aliphatic carbocycles. The maximum Gasteiger partial charge on any atom is 0.297 e. The number of aromatic nitrogens is 2. The van der Waals surface area contributed by atoms with E-state index in [9.17, 15) is 9.59 Å². The third-order valence-electron chi connectivity index (χ3n) is 5.38. The predicted octanol–water partition coefficient (Wildman–Crippen LogP) is 4.41. The molecular formula is C23H19N3O4S. The van der Waals surface area contributed by atoms with Crippen LogP contribution in [0.25, 0.3) is 11.0 Å². The normalized spacial score (nSPS) is 15.5. The van der Waals surface area contributed by atoms with Crippen LogP contribution in [0.4, 0.5) is 5.13 Å². The molecule has 156 valence electrons. The second kappa shape index (κ2) is 7.31. The Hall–Kier alpha value is -3.52. The van der Waals surface area contributed by atoms with Crippen molar-refractivity contribution in [3.8, 4) is 5.75 Å². The molecule has 0 N–H and O–H groups in total. The van der Waals surface area contributed by atoms with Crippen molar-refractivity contribution in [2.24, 2.45) is 0 Å². The number of pyridine rings is 1. The van der Waals surface area contributed by atoms with Crippen molar-refractivity contribution in [3.05, 3.63) is 80.4 Å². The van der Waals surface area contributed by atoms with Crippen LogP contribution in [-0.2, 0) is 0 Å². The summed E-state index contributed by atoms with van der Waals surface area (Å²) < 4.78 is 11.5. The summed E-state index contributed by atoms with van der Waals surface area (Å²) in [5.74, 6) is 0.222. The van der Waals surface area contributed by atoms with E-state index < -0.39 is 11.9 Å². The van der Waals surface area contributed by atoms with E-state index in [2.05, 4.69) is 9.97 Å². The number of hydrogen-bond donors (Lipinski definition) is 0. The molecule has 0 saturated heterocycles. The summed E-state index contributed by atoms with van der Waals surface area (Å²) in [6, 6.07) is 8.03. The van der Waals surface area contributed by atoms with Gasteiger partial charge in [0.15, 0.2) is 10.6 Å². The summed E-state index contributed by atoms with van der Waals surface area (Å²) in [7, 11) is 0. The number of ether oxygens (including phenoxy) is 1. The van der Waals surface area contributed by atoms with E-state index in [1.807, 2.05) is 26.8 Å². The van der Waals surface area contributed by atoms with Gasteiger partial charge in [-0.25, -0.2) is 4.98 Å². The molecule has 1 aliphatic rings. The highest BCUT2D eigenvalue weighted by atomic mass is 32.1. The summed E-state index contributed by atoms with van der Waals surface area (Å²) >= 11 is 1.41. The van der Waals surface area contributed by atoms with Gasteiger partial charge >= 0.3 is 0 Å². The first-order valence-electron chi connectivity index (χ1n) is 9.90. The molecule has 7 nitrogen and oxygen atoms in total. The van der Waals surface area contributed by atoms with Crippen molar-refractivity contribution in [3.63, 3.8) is 0 Å². The summed E-state index contributed by atoms with van der Waals surface area (Å²) in [5, 5.41) is 0.927. The topological polar surface area (TPSA) is 85.5 Å². The highest BCUT2D eigenvalue weighted by Gasteiger charge is 2.45. The molecule has 4 heterocycles. The predicted molar refractivity (Wildman–Crippen MR) is 118 cm³/mol. The van der Waals surface area contributed by atoms with Crippen LogP contribution in [0, 0.1) is 13.8 Å². The van der Waals surface area contributed by atoms with Crippen LogP contribution >= 0.6 is 11.3 Å². The Morgan fingerprint density at radius 3 is 2.74 bits per heavy atom. The monoisotopic (exact) mass is 433 g/mol. The molecule has 1 unspecified atom stereocenters. The van der Waals surface area contributed by atoms with E-state index in [0.717, 1.165) is 16.1 Å². The smallest absolute Gasteiger partial charge is 0.297 e. The zero-order valence-corrected chi connectivity index (χ0v) is 18.0. The van der Waals surface area contributed by atoms with Crippen molar-refractivity contribution in [2.75, 3.05) is 11.5 Å². The Labute approximate surface area is 181 Å². The first-order chi connectivity index (χ1) is 15.0. The first-order valence-corrected chi connectivity index (χ1v) is 10.7. The lowest BCUT2D eigenvalue weighted by atomic mass is 10.00. The van der Waals surface area contributed by atoms with Gasteiger partial charge in [-0.15, -0.1) is 11.3 Å². The fourth-order valence-electron chi connectivity index (χ4n) is 3.82. The summed E-state index contributed by atoms with van der Waals surface area (Å²) in [5.41, 5.74) is 1.95. The Balaban J connectivity index is 1.78. The molecule has 1 aromatic carbocycles. The van der Waals surface area contributed by atoms with Crippen LogP contribution in [0.3, 0.4) is 0 Å². The number of thiazole rings is 1. The minimum Gasteiger partial charge on any atom is -0.494 e. The van der Waals surface area contributed by atoms with E-state index in [1.54, 1.807) is 41.6 Å². The van der Waals surface area contributed by atoms with E-state index in [0.29, 0.717) is 34.0 Å².